The average molecular weight is 371 g/mol. The molecule has 6 unspecified atom stereocenters. The van der Waals surface area contributed by atoms with Crippen molar-refractivity contribution in [3.63, 3.8) is 0 Å². The molecule has 0 radical (unpaired) electrons. The molecule has 5 heteroatoms. The van der Waals surface area contributed by atoms with Crippen molar-refractivity contribution in [2.45, 2.75) is 89.1 Å². The molecule has 1 aliphatic rings. The van der Waals surface area contributed by atoms with E-state index < -0.39 is 24.4 Å². The minimum Gasteiger partial charge on any atom is -0.394 e. The van der Waals surface area contributed by atoms with Crippen LogP contribution in [-0.2, 0) is 0 Å². The van der Waals surface area contributed by atoms with Gasteiger partial charge >= 0.3 is 0 Å². The molecule has 26 heavy (non-hydrogen) atoms. The Hall–Kier alpha value is -0.720. The maximum absolute atomic E-state index is 10.2. The summed E-state index contributed by atoms with van der Waals surface area (Å²) in [5, 5.41) is 48.5. The third-order valence-electron chi connectivity index (χ3n) is 5.27. The highest BCUT2D eigenvalue weighted by Gasteiger charge is 2.39. The minimum atomic E-state index is -0.645. The van der Waals surface area contributed by atoms with Crippen molar-refractivity contribution < 1.29 is 25.5 Å². The molecular weight excluding hydrogens is 332 g/mol. The smallest absolute Gasteiger partial charge is 0.0771 e. The van der Waals surface area contributed by atoms with E-state index in [1.54, 1.807) is 6.08 Å². The number of aliphatic hydroxyl groups is 5. The van der Waals surface area contributed by atoms with Crippen LogP contribution in [0, 0.1) is 11.8 Å². The molecule has 0 aromatic rings. The third kappa shape index (κ3) is 8.78. The van der Waals surface area contributed by atoms with Gasteiger partial charge < -0.3 is 25.5 Å². The van der Waals surface area contributed by atoms with Crippen LogP contribution in [0.3, 0.4) is 0 Å². The number of unbranched alkanes of at least 4 members (excludes halogenated alkanes) is 3. The first-order chi connectivity index (χ1) is 12.5. The van der Waals surface area contributed by atoms with E-state index in [9.17, 15) is 20.4 Å². The van der Waals surface area contributed by atoms with Crippen molar-refractivity contribution in [3.05, 3.63) is 24.3 Å². The van der Waals surface area contributed by atoms with Crippen LogP contribution in [0.1, 0.15) is 64.7 Å². The quantitative estimate of drug-likeness (QED) is 0.253. The van der Waals surface area contributed by atoms with E-state index in [-0.39, 0.29) is 18.4 Å². The molecule has 5 N–H and O–H groups in total. The molecule has 1 fully saturated rings. The zero-order chi connectivity index (χ0) is 19.4. The van der Waals surface area contributed by atoms with E-state index in [2.05, 4.69) is 6.92 Å². The molecule has 1 aliphatic carbocycles. The molecular formula is C21H38O5. The zero-order valence-electron chi connectivity index (χ0n) is 16.1. The number of aliphatic hydroxyl groups excluding tert-OH is 5. The summed E-state index contributed by atoms with van der Waals surface area (Å²) in [5.74, 6) is -0.171. The van der Waals surface area contributed by atoms with Crippen LogP contribution in [-0.4, -0.2) is 56.6 Å². The van der Waals surface area contributed by atoms with E-state index in [4.69, 9.17) is 5.11 Å². The van der Waals surface area contributed by atoms with E-state index in [0.717, 1.165) is 38.5 Å². The highest BCUT2D eigenvalue weighted by Crippen LogP contribution is 2.36. The fraction of sp³-hybridized carbons (Fsp3) is 0.810. The van der Waals surface area contributed by atoms with E-state index >= 15 is 0 Å². The van der Waals surface area contributed by atoms with Gasteiger partial charge in [0.1, 0.15) is 0 Å². The van der Waals surface area contributed by atoms with E-state index in [1.165, 1.54) is 0 Å². The fourth-order valence-corrected chi connectivity index (χ4v) is 3.60. The van der Waals surface area contributed by atoms with Gasteiger partial charge in [0.25, 0.3) is 0 Å². The molecule has 152 valence electrons. The van der Waals surface area contributed by atoms with Gasteiger partial charge in [-0.25, -0.2) is 0 Å². The first-order valence-corrected chi connectivity index (χ1v) is 10.2. The van der Waals surface area contributed by atoms with Crippen molar-refractivity contribution in [2.75, 3.05) is 6.61 Å². The Bertz CT molecular complexity index is 409. The Balaban J connectivity index is 2.43. The predicted octanol–water partition coefficient (Wildman–Crippen LogP) is 2.31. The van der Waals surface area contributed by atoms with Gasteiger partial charge in [-0.2, -0.15) is 0 Å². The topological polar surface area (TPSA) is 101 Å². The molecule has 6 atom stereocenters. The highest BCUT2D eigenvalue weighted by atomic mass is 16.3. The predicted molar refractivity (Wildman–Crippen MR) is 104 cm³/mol. The summed E-state index contributed by atoms with van der Waals surface area (Å²) in [6.07, 6.45) is 12.7. The molecule has 1 saturated carbocycles. The Morgan fingerprint density at radius 2 is 1.77 bits per heavy atom. The largest absolute Gasteiger partial charge is 0.394 e. The first-order valence-electron chi connectivity index (χ1n) is 10.2. The molecule has 0 amide bonds. The second kappa shape index (κ2) is 13.4. The lowest BCUT2D eigenvalue weighted by atomic mass is 9.89. The van der Waals surface area contributed by atoms with Gasteiger partial charge in [0.05, 0.1) is 31.0 Å². The molecule has 0 spiro atoms. The lowest BCUT2D eigenvalue weighted by Gasteiger charge is -2.19. The van der Waals surface area contributed by atoms with Crippen LogP contribution in [0.2, 0.25) is 0 Å². The standard InChI is InChI=1S/C21H38O5/c1-2-3-6-9-16(23)12-13-19-18(20(25)14-21(19)26)11-8-5-4-7-10-17(24)15-22/h5,8,12-13,16-26H,2-4,6-7,9-11,14-15H2,1H3/b8-5+,13-12+. The van der Waals surface area contributed by atoms with Crippen LogP contribution in [0.15, 0.2) is 24.3 Å². The summed E-state index contributed by atoms with van der Waals surface area (Å²) in [5.41, 5.74) is 0. The summed E-state index contributed by atoms with van der Waals surface area (Å²) >= 11 is 0. The van der Waals surface area contributed by atoms with E-state index in [1.807, 2.05) is 18.2 Å². The summed E-state index contributed by atoms with van der Waals surface area (Å²) in [6, 6.07) is 0. The molecule has 1 rings (SSSR count). The van der Waals surface area contributed by atoms with Crippen molar-refractivity contribution in [2.24, 2.45) is 11.8 Å². The zero-order valence-corrected chi connectivity index (χ0v) is 16.1. The molecule has 5 nitrogen and oxygen atoms in total. The van der Waals surface area contributed by atoms with Gasteiger partial charge in [0.2, 0.25) is 0 Å². The Morgan fingerprint density at radius 3 is 2.46 bits per heavy atom. The lowest BCUT2D eigenvalue weighted by molar-refractivity contribution is 0.0868. The van der Waals surface area contributed by atoms with Crippen molar-refractivity contribution in [1.29, 1.82) is 0 Å². The number of hydrogen-bond donors (Lipinski definition) is 5. The van der Waals surface area contributed by atoms with Gasteiger partial charge in [-0.3, -0.25) is 0 Å². The SMILES string of the molecule is CCCCCC(O)/C=C/C1C(O)CC(O)C1C/C=C/CCCC(O)CO. The Kier molecular flexibility index (Phi) is 12.1. The summed E-state index contributed by atoms with van der Waals surface area (Å²) in [7, 11) is 0. The van der Waals surface area contributed by atoms with Crippen molar-refractivity contribution in [1.82, 2.24) is 0 Å². The van der Waals surface area contributed by atoms with Crippen LogP contribution in [0.4, 0.5) is 0 Å². The molecule has 0 bridgehead atoms. The van der Waals surface area contributed by atoms with Gasteiger partial charge in [0.15, 0.2) is 0 Å². The summed E-state index contributed by atoms with van der Waals surface area (Å²) < 4.78 is 0. The van der Waals surface area contributed by atoms with Crippen LogP contribution in [0.5, 0.6) is 0 Å². The van der Waals surface area contributed by atoms with Crippen molar-refractivity contribution in [3.8, 4) is 0 Å². The third-order valence-corrected chi connectivity index (χ3v) is 5.27. The molecule has 0 aliphatic heterocycles. The van der Waals surface area contributed by atoms with Gasteiger partial charge in [-0.15, -0.1) is 0 Å². The number of hydrogen-bond acceptors (Lipinski definition) is 5. The van der Waals surface area contributed by atoms with Crippen molar-refractivity contribution >= 4 is 0 Å². The molecule has 0 saturated heterocycles. The monoisotopic (exact) mass is 370 g/mol. The normalized spacial score (nSPS) is 29.0. The summed E-state index contributed by atoms with van der Waals surface area (Å²) in [4.78, 5) is 0. The maximum Gasteiger partial charge on any atom is 0.0771 e. The average Bonchev–Trinajstić information content (AvgIpc) is 2.89. The first kappa shape index (κ1) is 23.3. The molecule has 0 heterocycles. The number of rotatable bonds is 13. The van der Waals surface area contributed by atoms with Gasteiger partial charge in [-0.1, -0.05) is 50.5 Å². The minimum absolute atomic E-state index is 0.0385. The van der Waals surface area contributed by atoms with Crippen LogP contribution < -0.4 is 0 Å². The second-order valence-corrected chi connectivity index (χ2v) is 7.53. The maximum atomic E-state index is 10.2. The lowest BCUT2D eigenvalue weighted by Crippen LogP contribution is -2.20. The van der Waals surface area contributed by atoms with Gasteiger partial charge in [0, 0.05) is 12.3 Å². The molecule has 0 aromatic heterocycles. The van der Waals surface area contributed by atoms with E-state index in [0.29, 0.717) is 19.3 Å². The molecule has 0 aromatic carbocycles. The highest BCUT2D eigenvalue weighted by molar-refractivity contribution is 5.06. The second-order valence-electron chi connectivity index (χ2n) is 7.53. The van der Waals surface area contributed by atoms with Crippen LogP contribution in [0.25, 0.3) is 0 Å². The Morgan fingerprint density at radius 1 is 1.00 bits per heavy atom. The van der Waals surface area contributed by atoms with Gasteiger partial charge in [-0.05, 0) is 38.0 Å². The Labute approximate surface area is 158 Å². The summed E-state index contributed by atoms with van der Waals surface area (Å²) in [6.45, 7) is 1.93. The fourth-order valence-electron chi connectivity index (χ4n) is 3.60. The number of allylic oxidation sites excluding steroid dienone is 2. The van der Waals surface area contributed by atoms with Crippen LogP contribution >= 0.6 is 0 Å².